The fourth-order valence-electron chi connectivity index (χ4n) is 10.1. The van der Waals surface area contributed by atoms with Gasteiger partial charge >= 0.3 is 0 Å². The van der Waals surface area contributed by atoms with E-state index in [2.05, 4.69) is 215 Å². The first-order chi connectivity index (χ1) is 30.7. The number of hydrogen-bond donors (Lipinski definition) is 0. The fourth-order valence-corrected chi connectivity index (χ4v) is 10.1. The summed E-state index contributed by atoms with van der Waals surface area (Å²) in [6, 6.07) is 70.2. The first kappa shape index (κ1) is 34.8. The van der Waals surface area contributed by atoms with Gasteiger partial charge in [-0.05, 0) is 112 Å². The summed E-state index contributed by atoms with van der Waals surface area (Å²) in [5, 5.41) is 8.30. The number of allylic oxidation sites excluding steroid dienone is 1. The van der Waals surface area contributed by atoms with E-state index in [1.807, 2.05) is 0 Å². The molecule has 13 rings (SSSR count). The molecule has 9 aromatic carbocycles. The number of fused-ring (bicyclic) bond motifs is 10. The zero-order chi connectivity index (χ0) is 40.7. The highest BCUT2D eigenvalue weighted by Crippen LogP contribution is 2.44. The molecule has 0 radical (unpaired) electrons. The molecule has 0 saturated heterocycles. The Hall–Kier alpha value is -8.08. The van der Waals surface area contributed by atoms with Crippen LogP contribution in [-0.2, 0) is 6.42 Å². The van der Waals surface area contributed by atoms with Gasteiger partial charge in [-0.25, -0.2) is 9.97 Å². The molecule has 4 heteroatoms. The highest BCUT2D eigenvalue weighted by molar-refractivity contribution is 6.15. The Kier molecular flexibility index (Phi) is 7.70. The van der Waals surface area contributed by atoms with Crippen molar-refractivity contribution < 1.29 is 0 Å². The molecule has 12 aromatic rings. The maximum absolute atomic E-state index is 5.47. The predicted molar refractivity (Wildman–Crippen MR) is 259 cm³/mol. The highest BCUT2D eigenvalue weighted by Gasteiger charge is 2.23. The van der Waals surface area contributed by atoms with Crippen molar-refractivity contribution >= 4 is 71.4 Å². The van der Waals surface area contributed by atoms with Gasteiger partial charge in [0.1, 0.15) is 0 Å². The molecule has 0 bridgehead atoms. The monoisotopic (exact) mass is 790 g/mol. The van der Waals surface area contributed by atoms with Gasteiger partial charge in [0, 0.05) is 43.7 Å². The molecule has 0 spiro atoms. The number of hydrogen-bond acceptors (Lipinski definition) is 2. The summed E-state index contributed by atoms with van der Waals surface area (Å²) in [6.45, 7) is 0. The van der Waals surface area contributed by atoms with Crippen LogP contribution in [0.4, 0.5) is 0 Å². The lowest BCUT2D eigenvalue weighted by molar-refractivity contribution is 0.988. The van der Waals surface area contributed by atoms with Gasteiger partial charge in [0.15, 0.2) is 0 Å². The van der Waals surface area contributed by atoms with Gasteiger partial charge in [0.25, 0.3) is 0 Å². The molecule has 0 aliphatic heterocycles. The van der Waals surface area contributed by atoms with Gasteiger partial charge < -0.3 is 4.57 Å². The average Bonchev–Trinajstić information content (AvgIpc) is 3.86. The van der Waals surface area contributed by atoms with Gasteiger partial charge in [-0.3, -0.25) is 4.57 Å². The predicted octanol–water partition coefficient (Wildman–Crippen LogP) is 14.9. The molecule has 4 nitrogen and oxygen atoms in total. The van der Waals surface area contributed by atoms with E-state index in [0.717, 1.165) is 46.0 Å². The molecular weight excluding hydrogens is 753 g/mol. The van der Waals surface area contributed by atoms with Crippen LogP contribution >= 0.6 is 0 Å². The molecule has 62 heavy (non-hydrogen) atoms. The molecule has 0 amide bonds. The van der Waals surface area contributed by atoms with Crippen molar-refractivity contribution in [1.29, 1.82) is 0 Å². The summed E-state index contributed by atoms with van der Waals surface area (Å²) in [6.07, 6.45) is 6.71. The summed E-state index contributed by atoms with van der Waals surface area (Å²) in [4.78, 5) is 10.8. The van der Waals surface area contributed by atoms with E-state index in [1.54, 1.807) is 0 Å². The Bertz CT molecular complexity index is 3800. The van der Waals surface area contributed by atoms with E-state index in [0.29, 0.717) is 5.95 Å². The maximum Gasteiger partial charge on any atom is 0.235 e. The Morgan fingerprint density at radius 3 is 1.89 bits per heavy atom. The summed E-state index contributed by atoms with van der Waals surface area (Å²) < 4.78 is 4.71. The number of benzene rings is 9. The van der Waals surface area contributed by atoms with Crippen molar-refractivity contribution in [2.24, 2.45) is 0 Å². The summed E-state index contributed by atoms with van der Waals surface area (Å²) in [7, 11) is 0. The fraction of sp³-hybridized carbons (Fsp3) is 0.0345. The average molecular weight is 791 g/mol. The molecule has 3 aromatic heterocycles. The summed E-state index contributed by atoms with van der Waals surface area (Å²) in [5.74, 6) is 0.661. The number of rotatable bonds is 5. The van der Waals surface area contributed by atoms with Crippen LogP contribution in [0.15, 0.2) is 200 Å². The van der Waals surface area contributed by atoms with Gasteiger partial charge in [0.2, 0.25) is 5.95 Å². The first-order valence-corrected chi connectivity index (χ1v) is 21.5. The van der Waals surface area contributed by atoms with E-state index >= 15 is 0 Å². The highest BCUT2D eigenvalue weighted by atomic mass is 15.2. The molecule has 1 aliphatic rings. The third-order valence-corrected chi connectivity index (χ3v) is 13.0. The quantitative estimate of drug-likeness (QED) is 0.174. The van der Waals surface area contributed by atoms with Crippen LogP contribution in [0, 0.1) is 0 Å². The number of aromatic nitrogens is 4. The zero-order valence-corrected chi connectivity index (χ0v) is 33.8. The Morgan fingerprint density at radius 1 is 0.419 bits per heavy atom. The van der Waals surface area contributed by atoms with Crippen molar-refractivity contribution in [1.82, 2.24) is 19.1 Å². The minimum absolute atomic E-state index is 0.661. The smallest absolute Gasteiger partial charge is 0.235 e. The Labute approximate surface area is 358 Å². The van der Waals surface area contributed by atoms with Crippen molar-refractivity contribution in [2.45, 2.75) is 12.8 Å². The van der Waals surface area contributed by atoms with Crippen molar-refractivity contribution in [2.75, 3.05) is 0 Å². The molecule has 0 saturated carbocycles. The van der Waals surface area contributed by atoms with Crippen LogP contribution in [-0.4, -0.2) is 19.1 Å². The Morgan fingerprint density at radius 2 is 1.06 bits per heavy atom. The van der Waals surface area contributed by atoms with Crippen molar-refractivity contribution in [3.05, 3.63) is 211 Å². The van der Waals surface area contributed by atoms with Crippen LogP contribution in [0.25, 0.3) is 117 Å². The standard InChI is InChI=1S/C58H38N4/c1-3-15-37(16-4-1)39-29-27-38-28-30-41(34-42(38)33-39)56-48-23-9-12-24-52(48)59-58(60-56)62-54-26-14-10-20-45(54)50-35-40(31-32-55(50)62)49-36-51-46-21-11-13-25-53(46)61(43-17-5-2-6-18-43)57(51)47-22-8-7-19-44(47)49/h1-6,8-18,20-36H,7,19H2. The number of para-hydroxylation sites is 4. The second kappa shape index (κ2) is 13.7. The number of nitrogens with zero attached hydrogens (tertiary/aromatic N) is 4. The molecule has 0 atom stereocenters. The van der Waals surface area contributed by atoms with Crippen LogP contribution in [0.2, 0.25) is 0 Å². The van der Waals surface area contributed by atoms with E-state index in [-0.39, 0.29) is 0 Å². The molecular formula is C58H38N4. The lowest BCUT2D eigenvalue weighted by Crippen LogP contribution is -2.03. The third-order valence-electron chi connectivity index (χ3n) is 13.0. The van der Waals surface area contributed by atoms with Crippen LogP contribution in [0.5, 0.6) is 0 Å². The molecule has 290 valence electrons. The van der Waals surface area contributed by atoms with E-state index in [4.69, 9.17) is 9.97 Å². The second-order valence-corrected chi connectivity index (χ2v) is 16.5. The summed E-state index contributed by atoms with van der Waals surface area (Å²) in [5.41, 5.74) is 16.4. The van der Waals surface area contributed by atoms with Gasteiger partial charge in [-0.15, -0.1) is 0 Å². The second-order valence-electron chi connectivity index (χ2n) is 16.5. The minimum atomic E-state index is 0.661. The van der Waals surface area contributed by atoms with E-state index < -0.39 is 0 Å². The normalized spacial score (nSPS) is 12.6. The summed E-state index contributed by atoms with van der Waals surface area (Å²) >= 11 is 0. The van der Waals surface area contributed by atoms with Crippen molar-refractivity contribution in [3.63, 3.8) is 0 Å². The lowest BCUT2D eigenvalue weighted by atomic mass is 9.87. The molecule has 0 fully saturated rings. The molecule has 1 aliphatic carbocycles. The molecule has 0 N–H and O–H groups in total. The van der Waals surface area contributed by atoms with Gasteiger partial charge in [0.05, 0.1) is 33.3 Å². The minimum Gasteiger partial charge on any atom is -0.309 e. The third kappa shape index (κ3) is 5.33. The van der Waals surface area contributed by atoms with Crippen molar-refractivity contribution in [3.8, 4) is 45.1 Å². The van der Waals surface area contributed by atoms with Gasteiger partial charge in [-0.1, -0.05) is 146 Å². The lowest BCUT2D eigenvalue weighted by Gasteiger charge is -2.19. The molecule has 3 heterocycles. The van der Waals surface area contributed by atoms with E-state index in [1.165, 1.54) is 82.4 Å². The van der Waals surface area contributed by atoms with Crippen LogP contribution in [0.3, 0.4) is 0 Å². The van der Waals surface area contributed by atoms with E-state index in [9.17, 15) is 0 Å². The largest absolute Gasteiger partial charge is 0.309 e. The topological polar surface area (TPSA) is 35.6 Å². The maximum atomic E-state index is 5.47. The SMILES string of the molecule is C1=Cc2c(c(-c3ccc4c(c3)c3ccccc3n4-c3nc(-c4ccc5ccc(-c6ccccc6)cc5c4)c4ccccc4n3)cc3c4ccccc4n(-c4ccccc4)c23)CC1. The Balaban J connectivity index is 1.01. The van der Waals surface area contributed by atoms with Crippen LogP contribution < -0.4 is 0 Å². The van der Waals surface area contributed by atoms with Crippen LogP contribution in [0.1, 0.15) is 17.5 Å². The first-order valence-electron chi connectivity index (χ1n) is 21.5. The zero-order valence-electron chi connectivity index (χ0n) is 33.8. The molecule has 0 unspecified atom stereocenters. The van der Waals surface area contributed by atoms with Gasteiger partial charge in [-0.2, -0.15) is 0 Å².